The zero-order valence-corrected chi connectivity index (χ0v) is 9.53. The van der Waals surface area contributed by atoms with Crippen molar-refractivity contribution in [2.24, 2.45) is 0 Å². The number of hydrogen-bond donors (Lipinski definition) is 0. The molecule has 0 aliphatic carbocycles. The molecule has 3 heteroatoms. The Morgan fingerprint density at radius 1 is 1.80 bits per heavy atom. The molecule has 0 aromatic rings. The molecule has 0 fully saturated rings. The van der Waals surface area contributed by atoms with E-state index in [1.54, 1.807) is 0 Å². The minimum atomic E-state index is 0. The van der Waals surface area contributed by atoms with Crippen LogP contribution in [0.25, 0.3) is 0 Å². The maximum absolute atomic E-state index is 2.12. The molecule has 0 amide bonds. The first-order valence-electron chi connectivity index (χ1n) is 0.986. The molecular weight excluding hydrogens is 128 g/mol. The van der Waals surface area contributed by atoms with E-state index in [9.17, 15) is 0 Å². The summed E-state index contributed by atoms with van der Waals surface area (Å²) in [4.78, 5) is 0. The molecule has 22 valence electrons. The molecule has 0 radical (unpaired) electrons. The Bertz CT molecular complexity index is 24.0. The number of rotatable bonds is 0. The van der Waals surface area contributed by atoms with Crippen molar-refractivity contribution in [3.8, 4) is 0 Å². The van der Waals surface area contributed by atoms with E-state index in [1.807, 2.05) is 0 Å². The predicted molar refractivity (Wildman–Crippen MR) is 33.4 cm³/mol. The van der Waals surface area contributed by atoms with E-state index >= 15 is 0 Å². The first kappa shape index (κ1) is 15.7. The summed E-state index contributed by atoms with van der Waals surface area (Å²) in [6, 6.07) is 0. The summed E-state index contributed by atoms with van der Waals surface area (Å²) in [5.41, 5.74) is 0. The molecule has 5 heavy (non-hydrogen) atoms. The normalized spacial score (nSPS) is 3.00. The zero-order chi connectivity index (χ0) is 2.71. The Kier molecular flexibility index (Phi) is 49.3. The largest absolute Gasteiger partial charge is 2.00 e. The SMILES string of the molecule is C[CH]=[Ca].[Ca+2].[H-].[H-].[H-].[H-].[Mg+2]. The molecule has 0 unspecified atom stereocenters. The van der Waals surface area contributed by atoms with Gasteiger partial charge in [0.1, 0.15) is 0 Å². The summed E-state index contributed by atoms with van der Waals surface area (Å²) in [7, 11) is 0. The Balaban J connectivity index is -0.00000000133. The molecule has 0 spiro atoms. The molecule has 0 N–H and O–H groups in total. The Morgan fingerprint density at radius 3 is 1.80 bits per heavy atom. The number of hydrogen-bond acceptors (Lipinski definition) is 0. The average Bonchev–Trinajstić information content (AvgIpc) is 0.918. The Hall–Kier alpha value is 3.16. The standard InChI is InChI=1S/C2H4.2Ca.Mg.4H/c1-2;;;;;;;/h1H,2H3;;;;;;;/q;;2*+2;4*-1. The van der Waals surface area contributed by atoms with E-state index < -0.39 is 0 Å². The Morgan fingerprint density at radius 2 is 1.80 bits per heavy atom. The summed E-state index contributed by atoms with van der Waals surface area (Å²) >= 11 is 1.32. The third-order valence-electron chi connectivity index (χ3n) is 0. The van der Waals surface area contributed by atoms with Crippen molar-refractivity contribution in [2.45, 2.75) is 6.92 Å². The van der Waals surface area contributed by atoms with Crippen LogP contribution in [0.15, 0.2) is 0 Å². The monoisotopic (exact) mass is 136 g/mol. The van der Waals surface area contributed by atoms with Gasteiger partial charge in [0.15, 0.2) is 0 Å². The van der Waals surface area contributed by atoms with E-state index in [0.29, 0.717) is 0 Å². The van der Waals surface area contributed by atoms with Crippen LogP contribution in [-0.2, 0) is 0 Å². The van der Waals surface area contributed by atoms with Crippen LogP contribution in [0.4, 0.5) is 0 Å². The summed E-state index contributed by atoms with van der Waals surface area (Å²) in [6.45, 7) is 2.06. The van der Waals surface area contributed by atoms with Crippen molar-refractivity contribution >= 4 is 98.1 Å². The fraction of sp³-hybridized carbons (Fsp3) is 0.500. The van der Waals surface area contributed by atoms with Gasteiger partial charge in [0.25, 0.3) is 0 Å². The summed E-state index contributed by atoms with van der Waals surface area (Å²) in [5.74, 6) is 0. The van der Waals surface area contributed by atoms with Gasteiger partial charge < -0.3 is 5.71 Å². The fourth-order valence-corrected chi connectivity index (χ4v) is 0. The van der Waals surface area contributed by atoms with Crippen molar-refractivity contribution in [1.29, 1.82) is 0 Å². The summed E-state index contributed by atoms with van der Waals surface area (Å²) < 4.78 is 2.12. The van der Waals surface area contributed by atoms with Crippen molar-refractivity contribution in [1.82, 2.24) is 0 Å². The summed E-state index contributed by atoms with van der Waals surface area (Å²) in [6.07, 6.45) is 0. The summed E-state index contributed by atoms with van der Waals surface area (Å²) in [5, 5.41) is 0. The second-order valence-electron chi connectivity index (χ2n) is 0.408. The van der Waals surface area contributed by atoms with Gasteiger partial charge >= 0.3 is 105 Å². The van der Waals surface area contributed by atoms with Crippen LogP contribution in [0.1, 0.15) is 12.6 Å². The molecule has 0 saturated heterocycles. The maximum atomic E-state index is 2.12. The fourth-order valence-electron chi connectivity index (χ4n) is 0. The van der Waals surface area contributed by atoms with Crippen LogP contribution in [-0.4, -0.2) is 98.1 Å². The van der Waals surface area contributed by atoms with Crippen LogP contribution >= 0.6 is 0 Å². The van der Waals surface area contributed by atoms with Crippen molar-refractivity contribution in [2.75, 3.05) is 0 Å². The zero-order valence-electron chi connectivity index (χ0n) is 7.70. The minimum Gasteiger partial charge on any atom is -1.00 e. The van der Waals surface area contributed by atoms with Crippen LogP contribution in [0, 0.1) is 0 Å². The van der Waals surface area contributed by atoms with E-state index in [0.717, 1.165) is 0 Å². The van der Waals surface area contributed by atoms with Gasteiger partial charge in [0, 0.05) is 0 Å². The van der Waals surface area contributed by atoms with E-state index in [2.05, 4.69) is 9.01 Å². The molecule has 0 aromatic carbocycles. The van der Waals surface area contributed by atoms with Gasteiger partial charge in [0.05, 0.1) is 0 Å². The van der Waals surface area contributed by atoms with E-state index in [-0.39, 0.29) is 66.5 Å². The van der Waals surface area contributed by atoms with Gasteiger partial charge in [-0.15, -0.1) is 0 Å². The molecule has 0 nitrogen and oxygen atoms in total. The van der Waals surface area contributed by atoms with Crippen LogP contribution in [0.2, 0.25) is 0 Å². The molecule has 0 aliphatic heterocycles. The van der Waals surface area contributed by atoms with Crippen LogP contribution in [0.5, 0.6) is 0 Å². The van der Waals surface area contributed by atoms with Crippen LogP contribution in [0.3, 0.4) is 0 Å². The molecule has 0 saturated carbocycles. The van der Waals surface area contributed by atoms with Gasteiger partial charge in [-0.1, -0.05) is 0 Å². The van der Waals surface area contributed by atoms with Gasteiger partial charge in [-0.05, 0) is 0 Å². The van der Waals surface area contributed by atoms with Crippen molar-refractivity contribution in [3.05, 3.63) is 0 Å². The molecular formula is C2H8Ca2Mg. The molecule has 0 aliphatic rings. The quantitative estimate of drug-likeness (QED) is 0.400. The van der Waals surface area contributed by atoms with Gasteiger partial charge in [-0.2, -0.15) is 0 Å². The smallest absolute Gasteiger partial charge is 1.00 e. The van der Waals surface area contributed by atoms with Gasteiger partial charge in [-0.3, -0.25) is 0 Å². The topological polar surface area (TPSA) is 0 Å². The molecule has 0 aromatic heterocycles. The van der Waals surface area contributed by atoms with Gasteiger partial charge in [0.2, 0.25) is 0 Å². The maximum Gasteiger partial charge on any atom is 2.00 e. The third-order valence-corrected chi connectivity index (χ3v) is 0. The molecule has 0 heterocycles. The first-order chi connectivity index (χ1) is 1.41. The van der Waals surface area contributed by atoms with E-state index in [1.165, 1.54) is 35.3 Å². The average molecular weight is 137 g/mol. The van der Waals surface area contributed by atoms with Crippen molar-refractivity contribution in [3.63, 3.8) is 0 Å². The molecule has 0 rings (SSSR count). The second-order valence-corrected chi connectivity index (χ2v) is 1.68. The molecule has 0 bridgehead atoms. The second kappa shape index (κ2) is 15.7. The van der Waals surface area contributed by atoms with Crippen molar-refractivity contribution < 1.29 is 5.71 Å². The van der Waals surface area contributed by atoms with Crippen LogP contribution < -0.4 is 0 Å². The van der Waals surface area contributed by atoms with E-state index in [4.69, 9.17) is 0 Å². The van der Waals surface area contributed by atoms with Gasteiger partial charge in [-0.25, -0.2) is 0 Å². The minimum absolute atomic E-state index is 0. The third kappa shape index (κ3) is 19.1. The Labute approximate surface area is 108 Å². The first-order valence-corrected chi connectivity index (χ1v) is 2.26. The molecule has 0 atom stereocenters. The predicted octanol–water partition coefficient (Wildman–Crippen LogP) is -0.335.